The Balaban J connectivity index is 1.57. The molecule has 0 aliphatic carbocycles. The van der Waals surface area contributed by atoms with Gasteiger partial charge in [-0.15, -0.1) is 5.10 Å². The van der Waals surface area contributed by atoms with E-state index in [2.05, 4.69) is 20.9 Å². The standard InChI is InChI=1S/C32H30N6O3/c1-22-10-6-7-13-27(22)31(32(41)33-20-24-11-4-3-5-12-24)38(26-18-16-25(17-19-26)34-23(2)39)30(40)21-37-29-15-9-8-14-28(29)35-36-37/h3-19,31H,20-21H2,1-2H3,(H,33,41)(H,34,39). The summed E-state index contributed by atoms with van der Waals surface area (Å²) >= 11 is 0. The molecular weight excluding hydrogens is 516 g/mol. The van der Waals surface area contributed by atoms with Crippen LogP contribution in [0, 0.1) is 6.92 Å². The summed E-state index contributed by atoms with van der Waals surface area (Å²) in [4.78, 5) is 41.3. The first-order valence-electron chi connectivity index (χ1n) is 13.3. The number of carbonyl (C=O) groups is 3. The molecule has 0 aliphatic rings. The maximum absolute atomic E-state index is 14.2. The average Bonchev–Trinajstić information content (AvgIpc) is 3.38. The number of carbonyl (C=O) groups excluding carboxylic acids is 3. The van der Waals surface area contributed by atoms with E-state index in [1.807, 2.05) is 85.8 Å². The smallest absolute Gasteiger partial charge is 0.249 e. The number of amides is 3. The van der Waals surface area contributed by atoms with Crippen LogP contribution < -0.4 is 15.5 Å². The highest BCUT2D eigenvalue weighted by molar-refractivity contribution is 6.02. The van der Waals surface area contributed by atoms with Gasteiger partial charge in [-0.1, -0.05) is 71.9 Å². The van der Waals surface area contributed by atoms with Crippen LogP contribution in [-0.4, -0.2) is 32.7 Å². The molecule has 4 aromatic carbocycles. The summed E-state index contributed by atoms with van der Waals surface area (Å²) in [5.41, 5.74) is 4.96. The van der Waals surface area contributed by atoms with Gasteiger partial charge in [0.1, 0.15) is 18.1 Å². The van der Waals surface area contributed by atoms with Gasteiger partial charge >= 0.3 is 0 Å². The third-order valence-corrected chi connectivity index (χ3v) is 6.74. The van der Waals surface area contributed by atoms with Crippen LogP contribution in [0.1, 0.15) is 29.7 Å². The van der Waals surface area contributed by atoms with Crippen LogP contribution in [0.15, 0.2) is 103 Å². The van der Waals surface area contributed by atoms with Gasteiger partial charge in [0.2, 0.25) is 17.7 Å². The van der Waals surface area contributed by atoms with Crippen molar-refractivity contribution in [3.63, 3.8) is 0 Å². The summed E-state index contributed by atoms with van der Waals surface area (Å²) in [6.07, 6.45) is 0. The molecule has 41 heavy (non-hydrogen) atoms. The fourth-order valence-corrected chi connectivity index (χ4v) is 4.76. The molecule has 5 aromatic rings. The van der Waals surface area contributed by atoms with E-state index in [0.29, 0.717) is 34.5 Å². The number of rotatable bonds is 9. The van der Waals surface area contributed by atoms with Gasteiger partial charge in [-0.2, -0.15) is 0 Å². The zero-order valence-corrected chi connectivity index (χ0v) is 22.8. The highest BCUT2D eigenvalue weighted by Gasteiger charge is 2.34. The molecule has 9 nitrogen and oxygen atoms in total. The molecule has 206 valence electrons. The molecule has 1 atom stereocenters. The second kappa shape index (κ2) is 12.3. The number of anilines is 2. The summed E-state index contributed by atoms with van der Waals surface area (Å²) in [5.74, 6) is -0.885. The van der Waals surface area contributed by atoms with E-state index in [-0.39, 0.29) is 24.3 Å². The SMILES string of the molecule is CC(=O)Nc1ccc(N(C(=O)Cn2nnc3ccccc32)C(C(=O)NCc2ccccc2)c2ccccc2C)cc1. The average molecular weight is 547 g/mol. The Morgan fingerprint density at radius 1 is 0.854 bits per heavy atom. The molecule has 2 N–H and O–H groups in total. The first-order valence-corrected chi connectivity index (χ1v) is 13.3. The van der Waals surface area contributed by atoms with Crippen LogP contribution in [0.3, 0.4) is 0 Å². The Bertz CT molecular complexity index is 1680. The predicted octanol–water partition coefficient (Wildman–Crippen LogP) is 4.79. The first kappa shape index (κ1) is 27.3. The van der Waals surface area contributed by atoms with Crippen molar-refractivity contribution < 1.29 is 14.4 Å². The molecule has 9 heteroatoms. The van der Waals surface area contributed by atoms with Crippen LogP contribution in [0.25, 0.3) is 11.0 Å². The maximum atomic E-state index is 14.2. The largest absolute Gasteiger partial charge is 0.350 e. The van der Waals surface area contributed by atoms with Crippen molar-refractivity contribution in [2.75, 3.05) is 10.2 Å². The van der Waals surface area contributed by atoms with Gasteiger partial charge in [0.05, 0.1) is 5.52 Å². The highest BCUT2D eigenvalue weighted by Crippen LogP contribution is 2.31. The molecule has 0 saturated carbocycles. The van der Waals surface area contributed by atoms with Gasteiger partial charge in [0.15, 0.2) is 0 Å². The lowest BCUT2D eigenvalue weighted by Gasteiger charge is -2.32. The number of hydrogen-bond donors (Lipinski definition) is 2. The lowest BCUT2D eigenvalue weighted by atomic mass is 9.98. The molecule has 1 heterocycles. The molecule has 0 bridgehead atoms. The Labute approximate surface area is 237 Å². The minimum Gasteiger partial charge on any atom is -0.350 e. The molecule has 0 saturated heterocycles. The third kappa shape index (κ3) is 6.30. The highest BCUT2D eigenvalue weighted by atomic mass is 16.2. The summed E-state index contributed by atoms with van der Waals surface area (Å²) in [6.45, 7) is 3.51. The van der Waals surface area contributed by atoms with Gasteiger partial charge in [-0.25, -0.2) is 4.68 Å². The summed E-state index contributed by atoms with van der Waals surface area (Å²) in [6, 6.07) is 30.4. The monoisotopic (exact) mass is 546 g/mol. The second-order valence-electron chi connectivity index (χ2n) is 9.69. The van der Waals surface area contributed by atoms with Gasteiger partial charge in [0.25, 0.3) is 0 Å². The van der Waals surface area contributed by atoms with E-state index < -0.39 is 6.04 Å². The summed E-state index contributed by atoms with van der Waals surface area (Å²) < 4.78 is 1.53. The molecule has 0 fully saturated rings. The normalized spacial score (nSPS) is 11.6. The van der Waals surface area contributed by atoms with E-state index in [0.717, 1.165) is 11.1 Å². The molecule has 3 amide bonds. The third-order valence-electron chi connectivity index (χ3n) is 6.74. The summed E-state index contributed by atoms with van der Waals surface area (Å²) in [7, 11) is 0. The lowest BCUT2D eigenvalue weighted by Crippen LogP contribution is -2.45. The van der Waals surface area contributed by atoms with Crippen molar-refractivity contribution >= 4 is 40.1 Å². The Hall–Kier alpha value is -5.31. The molecule has 1 aromatic heterocycles. The minimum atomic E-state index is -0.978. The molecule has 0 aliphatic heterocycles. The van der Waals surface area contributed by atoms with Crippen molar-refractivity contribution in [2.45, 2.75) is 33.0 Å². The fourth-order valence-electron chi connectivity index (χ4n) is 4.76. The number of fused-ring (bicyclic) bond motifs is 1. The van der Waals surface area contributed by atoms with Crippen molar-refractivity contribution in [3.05, 3.63) is 120 Å². The Morgan fingerprint density at radius 3 is 2.27 bits per heavy atom. The molecule has 5 rings (SSSR count). The lowest BCUT2D eigenvalue weighted by molar-refractivity contribution is -0.127. The van der Waals surface area contributed by atoms with Gasteiger partial charge in [-0.3, -0.25) is 19.3 Å². The van der Waals surface area contributed by atoms with Crippen LogP contribution in [0.5, 0.6) is 0 Å². The zero-order chi connectivity index (χ0) is 28.8. The van der Waals surface area contributed by atoms with Crippen molar-refractivity contribution in [3.8, 4) is 0 Å². The van der Waals surface area contributed by atoms with Crippen LogP contribution in [0.2, 0.25) is 0 Å². The number of nitrogens with one attached hydrogen (secondary N) is 2. The second-order valence-corrected chi connectivity index (χ2v) is 9.69. The van der Waals surface area contributed by atoms with E-state index in [1.165, 1.54) is 16.5 Å². The molecule has 0 spiro atoms. The fraction of sp³-hybridized carbons (Fsp3) is 0.156. The van der Waals surface area contributed by atoms with Gasteiger partial charge in [0, 0.05) is 24.8 Å². The zero-order valence-electron chi connectivity index (χ0n) is 22.8. The van der Waals surface area contributed by atoms with E-state index in [1.54, 1.807) is 24.3 Å². The van der Waals surface area contributed by atoms with Crippen molar-refractivity contribution in [1.29, 1.82) is 0 Å². The number of benzene rings is 4. The van der Waals surface area contributed by atoms with Gasteiger partial charge < -0.3 is 10.6 Å². The van der Waals surface area contributed by atoms with E-state index >= 15 is 0 Å². The van der Waals surface area contributed by atoms with Crippen LogP contribution >= 0.6 is 0 Å². The maximum Gasteiger partial charge on any atom is 0.249 e. The number of para-hydroxylation sites is 1. The number of hydrogen-bond acceptors (Lipinski definition) is 5. The summed E-state index contributed by atoms with van der Waals surface area (Å²) in [5, 5.41) is 14.2. The minimum absolute atomic E-state index is 0.137. The number of aryl methyl sites for hydroxylation is 1. The Morgan fingerprint density at radius 2 is 1.54 bits per heavy atom. The molecular formula is C32H30N6O3. The van der Waals surface area contributed by atoms with Gasteiger partial charge in [-0.05, 0) is 60.0 Å². The van der Waals surface area contributed by atoms with E-state index in [4.69, 9.17) is 0 Å². The quantitative estimate of drug-likeness (QED) is 0.276. The Kier molecular flexibility index (Phi) is 8.15. The molecule has 0 radical (unpaired) electrons. The van der Waals surface area contributed by atoms with E-state index in [9.17, 15) is 14.4 Å². The van der Waals surface area contributed by atoms with Crippen molar-refractivity contribution in [1.82, 2.24) is 20.3 Å². The topological polar surface area (TPSA) is 109 Å². The number of aromatic nitrogens is 3. The van der Waals surface area contributed by atoms with Crippen molar-refractivity contribution in [2.24, 2.45) is 0 Å². The number of nitrogens with zero attached hydrogens (tertiary/aromatic N) is 4. The predicted molar refractivity (Wildman–Crippen MR) is 158 cm³/mol. The van der Waals surface area contributed by atoms with Crippen LogP contribution in [-0.2, 0) is 27.5 Å². The first-order chi connectivity index (χ1) is 19.9. The molecule has 1 unspecified atom stereocenters. The van der Waals surface area contributed by atoms with Crippen LogP contribution in [0.4, 0.5) is 11.4 Å².